The Morgan fingerprint density at radius 1 is 1.30 bits per heavy atom. The van der Waals surface area contributed by atoms with Gasteiger partial charge in [-0.2, -0.15) is 0 Å². The monoisotopic (exact) mass is 274 g/mol. The molecule has 0 aliphatic carbocycles. The third kappa shape index (κ3) is 2.59. The molecule has 0 fully saturated rings. The zero-order valence-corrected chi connectivity index (χ0v) is 11.9. The highest BCUT2D eigenvalue weighted by molar-refractivity contribution is 6.25. The van der Waals surface area contributed by atoms with E-state index in [1.807, 2.05) is 32.0 Å². The van der Waals surface area contributed by atoms with Crippen molar-refractivity contribution < 1.29 is 19.1 Å². The van der Waals surface area contributed by atoms with E-state index >= 15 is 0 Å². The topological polar surface area (TPSA) is 52.6 Å². The molecule has 4 nitrogen and oxygen atoms in total. The fourth-order valence-corrected chi connectivity index (χ4v) is 2.26. The highest BCUT2D eigenvalue weighted by Gasteiger charge is 2.41. The fraction of sp³-hybridized carbons (Fsp3) is 0.375. The van der Waals surface area contributed by atoms with E-state index in [1.165, 1.54) is 0 Å². The minimum Gasteiger partial charge on any atom is -0.463 e. The zero-order chi connectivity index (χ0) is 14.7. The number of carbonyl (C=O) groups excluding carboxylic acids is 2. The average molecular weight is 274 g/mol. The Morgan fingerprint density at radius 2 is 1.95 bits per heavy atom. The summed E-state index contributed by atoms with van der Waals surface area (Å²) in [7, 11) is 0. The minimum absolute atomic E-state index is 0.0135. The maximum atomic E-state index is 12.2. The van der Waals surface area contributed by atoms with Gasteiger partial charge in [0.15, 0.2) is 0 Å². The fourth-order valence-electron chi connectivity index (χ4n) is 2.26. The number of esters is 2. The van der Waals surface area contributed by atoms with E-state index in [1.54, 1.807) is 19.1 Å². The van der Waals surface area contributed by atoms with Gasteiger partial charge in [0.2, 0.25) is 0 Å². The molecule has 1 aliphatic heterocycles. The lowest BCUT2D eigenvalue weighted by Crippen LogP contribution is -2.24. The van der Waals surface area contributed by atoms with Crippen LogP contribution in [-0.2, 0) is 19.1 Å². The van der Waals surface area contributed by atoms with Crippen molar-refractivity contribution in [2.75, 3.05) is 6.61 Å². The molecule has 0 radical (unpaired) electrons. The maximum absolute atomic E-state index is 12.2. The largest absolute Gasteiger partial charge is 0.463 e. The summed E-state index contributed by atoms with van der Waals surface area (Å²) in [6.45, 7) is 5.82. The van der Waals surface area contributed by atoms with E-state index in [0.717, 1.165) is 0 Å². The SMILES string of the molecule is CCOC(=O)C1=C(c2ccccc2)C(=O)O[C@@H]1C(C)C. The van der Waals surface area contributed by atoms with Gasteiger partial charge < -0.3 is 9.47 Å². The number of hydrogen-bond acceptors (Lipinski definition) is 4. The molecule has 0 aromatic heterocycles. The standard InChI is InChI=1S/C16H18O4/c1-4-19-15(17)13-12(11-8-6-5-7-9-11)16(18)20-14(13)10(2)3/h5-10,14H,4H2,1-3H3/t14-/m1/s1. The number of hydrogen-bond donors (Lipinski definition) is 0. The summed E-state index contributed by atoms with van der Waals surface area (Å²) in [5.74, 6) is -0.923. The number of cyclic esters (lactones) is 1. The summed E-state index contributed by atoms with van der Waals surface area (Å²) in [6, 6.07) is 9.08. The lowest BCUT2D eigenvalue weighted by Gasteiger charge is -2.16. The molecule has 2 rings (SSSR count). The van der Waals surface area contributed by atoms with Gasteiger partial charge in [0.25, 0.3) is 0 Å². The summed E-state index contributed by atoms with van der Waals surface area (Å²) < 4.78 is 10.4. The number of rotatable bonds is 4. The smallest absolute Gasteiger partial charge is 0.340 e. The molecule has 1 aromatic carbocycles. The van der Waals surface area contributed by atoms with Crippen LogP contribution in [0.5, 0.6) is 0 Å². The normalized spacial score (nSPS) is 18.4. The van der Waals surface area contributed by atoms with Crippen molar-refractivity contribution in [3.63, 3.8) is 0 Å². The molecule has 1 aliphatic rings. The highest BCUT2D eigenvalue weighted by atomic mass is 16.6. The molecule has 0 amide bonds. The summed E-state index contributed by atoms with van der Waals surface area (Å²) in [6.07, 6.45) is -0.545. The molecule has 0 unspecified atom stereocenters. The first-order valence-corrected chi connectivity index (χ1v) is 6.74. The van der Waals surface area contributed by atoms with Crippen molar-refractivity contribution >= 4 is 17.5 Å². The predicted molar refractivity (Wildman–Crippen MR) is 74.7 cm³/mol. The van der Waals surface area contributed by atoms with Gasteiger partial charge >= 0.3 is 11.9 Å². The Morgan fingerprint density at radius 3 is 2.50 bits per heavy atom. The quantitative estimate of drug-likeness (QED) is 0.792. The Labute approximate surface area is 118 Å². The van der Waals surface area contributed by atoms with Gasteiger partial charge in [-0.1, -0.05) is 44.2 Å². The summed E-state index contributed by atoms with van der Waals surface area (Å²) in [5.41, 5.74) is 1.34. The van der Waals surface area contributed by atoms with Crippen LogP contribution in [0.2, 0.25) is 0 Å². The van der Waals surface area contributed by atoms with Crippen molar-refractivity contribution in [2.24, 2.45) is 5.92 Å². The van der Waals surface area contributed by atoms with Crippen LogP contribution >= 0.6 is 0 Å². The van der Waals surface area contributed by atoms with Gasteiger partial charge in [0.1, 0.15) is 6.10 Å². The van der Waals surface area contributed by atoms with E-state index in [2.05, 4.69) is 0 Å². The van der Waals surface area contributed by atoms with Crippen molar-refractivity contribution in [1.29, 1.82) is 0 Å². The van der Waals surface area contributed by atoms with Gasteiger partial charge in [-0.25, -0.2) is 9.59 Å². The highest BCUT2D eigenvalue weighted by Crippen LogP contribution is 2.34. The van der Waals surface area contributed by atoms with Crippen molar-refractivity contribution in [3.05, 3.63) is 41.5 Å². The molecule has 1 atom stereocenters. The van der Waals surface area contributed by atoms with E-state index in [4.69, 9.17) is 9.47 Å². The second-order valence-electron chi connectivity index (χ2n) is 4.95. The Hall–Kier alpha value is -2.10. The average Bonchev–Trinajstić information content (AvgIpc) is 2.78. The van der Waals surface area contributed by atoms with E-state index in [-0.39, 0.29) is 12.5 Å². The molecular formula is C16H18O4. The molecule has 4 heteroatoms. The van der Waals surface area contributed by atoms with Crippen molar-refractivity contribution in [2.45, 2.75) is 26.9 Å². The Bertz CT molecular complexity index is 543. The second-order valence-corrected chi connectivity index (χ2v) is 4.95. The predicted octanol–water partition coefficient (Wildman–Crippen LogP) is 2.58. The van der Waals surface area contributed by atoms with Crippen LogP contribution in [-0.4, -0.2) is 24.6 Å². The first-order valence-electron chi connectivity index (χ1n) is 6.74. The summed E-state index contributed by atoms with van der Waals surface area (Å²) >= 11 is 0. The summed E-state index contributed by atoms with van der Waals surface area (Å²) in [4.78, 5) is 24.3. The molecule has 1 heterocycles. The van der Waals surface area contributed by atoms with Gasteiger partial charge in [0.05, 0.1) is 17.8 Å². The Balaban J connectivity index is 2.54. The van der Waals surface area contributed by atoms with Crippen LogP contribution < -0.4 is 0 Å². The van der Waals surface area contributed by atoms with Crippen LogP contribution in [0.25, 0.3) is 5.57 Å². The molecule has 0 bridgehead atoms. The first-order chi connectivity index (χ1) is 9.56. The molecule has 0 saturated carbocycles. The van der Waals surface area contributed by atoms with E-state index < -0.39 is 18.0 Å². The van der Waals surface area contributed by atoms with Crippen LogP contribution in [0.4, 0.5) is 0 Å². The zero-order valence-electron chi connectivity index (χ0n) is 11.9. The lowest BCUT2D eigenvalue weighted by atomic mass is 9.93. The number of benzene rings is 1. The van der Waals surface area contributed by atoms with Crippen LogP contribution in [0.15, 0.2) is 35.9 Å². The van der Waals surface area contributed by atoms with Crippen LogP contribution in [0, 0.1) is 5.92 Å². The molecule has 0 saturated heterocycles. The third-order valence-electron chi connectivity index (χ3n) is 3.16. The maximum Gasteiger partial charge on any atom is 0.340 e. The Kier molecular flexibility index (Phi) is 4.23. The lowest BCUT2D eigenvalue weighted by molar-refractivity contribution is -0.142. The van der Waals surface area contributed by atoms with Crippen LogP contribution in [0.1, 0.15) is 26.3 Å². The van der Waals surface area contributed by atoms with Gasteiger partial charge in [0, 0.05) is 0 Å². The molecule has 1 aromatic rings. The third-order valence-corrected chi connectivity index (χ3v) is 3.16. The van der Waals surface area contributed by atoms with Gasteiger partial charge in [-0.05, 0) is 18.4 Å². The van der Waals surface area contributed by atoms with E-state index in [0.29, 0.717) is 16.7 Å². The van der Waals surface area contributed by atoms with Crippen LogP contribution in [0.3, 0.4) is 0 Å². The summed E-state index contributed by atoms with van der Waals surface area (Å²) in [5, 5.41) is 0. The van der Waals surface area contributed by atoms with Gasteiger partial charge in [-0.3, -0.25) is 0 Å². The molecule has 20 heavy (non-hydrogen) atoms. The molecule has 0 spiro atoms. The molecule has 0 N–H and O–H groups in total. The van der Waals surface area contributed by atoms with Gasteiger partial charge in [-0.15, -0.1) is 0 Å². The van der Waals surface area contributed by atoms with Crippen molar-refractivity contribution in [1.82, 2.24) is 0 Å². The molecular weight excluding hydrogens is 256 g/mol. The minimum atomic E-state index is -0.545. The second kappa shape index (κ2) is 5.90. The molecule has 106 valence electrons. The first kappa shape index (κ1) is 14.3. The van der Waals surface area contributed by atoms with E-state index in [9.17, 15) is 9.59 Å². The van der Waals surface area contributed by atoms with Crippen molar-refractivity contribution in [3.8, 4) is 0 Å². The number of ether oxygens (including phenoxy) is 2. The number of carbonyl (C=O) groups is 2.